The van der Waals surface area contributed by atoms with Crippen molar-refractivity contribution in [2.24, 2.45) is 0 Å². The summed E-state index contributed by atoms with van der Waals surface area (Å²) in [5.74, 6) is -0.341. The Balaban J connectivity index is 1.76. The summed E-state index contributed by atoms with van der Waals surface area (Å²) in [4.78, 5) is 18.4. The number of carbonyl (C=O) groups excluding carboxylic acids is 1. The van der Waals surface area contributed by atoms with E-state index in [1.807, 2.05) is 4.90 Å². The summed E-state index contributed by atoms with van der Waals surface area (Å²) in [6, 6.07) is 4.21. The van der Waals surface area contributed by atoms with Crippen LogP contribution < -0.4 is 0 Å². The molecule has 3 rings (SSSR count). The zero-order valence-corrected chi connectivity index (χ0v) is 13.6. The number of hydrogen-bond acceptors (Lipinski definition) is 3. The van der Waals surface area contributed by atoms with Gasteiger partial charge in [0.1, 0.15) is 24.5 Å². The molecular formula is C16H18ClFN4O. The van der Waals surface area contributed by atoms with Crippen LogP contribution >= 0.6 is 11.6 Å². The minimum absolute atomic E-state index is 0.0227. The highest BCUT2D eigenvalue weighted by molar-refractivity contribution is 6.31. The molecule has 0 spiro atoms. The van der Waals surface area contributed by atoms with Crippen LogP contribution in [0.4, 0.5) is 4.39 Å². The summed E-state index contributed by atoms with van der Waals surface area (Å²) in [7, 11) is 0. The molecule has 2 heterocycles. The first-order valence-corrected chi connectivity index (χ1v) is 8.03. The molecule has 0 N–H and O–H groups in total. The number of amides is 1. The van der Waals surface area contributed by atoms with Gasteiger partial charge in [0, 0.05) is 23.2 Å². The van der Waals surface area contributed by atoms with Gasteiger partial charge in [0.2, 0.25) is 5.91 Å². The number of nitrogens with zero attached hydrogens (tertiary/aromatic N) is 4. The molecule has 1 saturated heterocycles. The number of hydrogen-bond donors (Lipinski definition) is 0. The zero-order chi connectivity index (χ0) is 16.4. The molecule has 0 bridgehead atoms. The van der Waals surface area contributed by atoms with Crippen LogP contribution in [-0.2, 0) is 11.2 Å². The highest BCUT2D eigenvalue weighted by atomic mass is 35.5. The van der Waals surface area contributed by atoms with Gasteiger partial charge in [-0.2, -0.15) is 5.10 Å². The highest BCUT2D eigenvalue weighted by Crippen LogP contribution is 2.28. The van der Waals surface area contributed by atoms with Crippen molar-refractivity contribution in [2.75, 3.05) is 6.54 Å². The summed E-state index contributed by atoms with van der Waals surface area (Å²) >= 11 is 6.11. The second kappa shape index (κ2) is 6.66. The van der Waals surface area contributed by atoms with Gasteiger partial charge in [-0.1, -0.05) is 17.7 Å². The van der Waals surface area contributed by atoms with E-state index in [1.54, 1.807) is 19.1 Å². The lowest BCUT2D eigenvalue weighted by Crippen LogP contribution is -2.41. The smallest absolute Gasteiger partial charge is 0.247 e. The molecule has 2 unspecified atom stereocenters. The third-order valence-corrected chi connectivity index (χ3v) is 4.71. The Morgan fingerprint density at radius 2 is 2.35 bits per heavy atom. The van der Waals surface area contributed by atoms with Crippen LogP contribution in [0.25, 0.3) is 0 Å². The standard InChI is InChI=1S/C16H18ClFN4O/c1-11(22-10-19-9-20-22)16(23)21-7-3-4-12(21)8-13-14(17)5-2-6-15(13)18/h2,5-6,9-12H,3-4,7-8H2,1H3. The van der Waals surface area contributed by atoms with Crippen LogP contribution in [0, 0.1) is 5.82 Å². The lowest BCUT2D eigenvalue weighted by Gasteiger charge is -2.28. The van der Waals surface area contributed by atoms with E-state index in [0.717, 1.165) is 12.8 Å². The monoisotopic (exact) mass is 336 g/mol. The Morgan fingerprint density at radius 3 is 3.04 bits per heavy atom. The summed E-state index contributed by atoms with van der Waals surface area (Å²) < 4.78 is 15.5. The van der Waals surface area contributed by atoms with E-state index in [1.165, 1.54) is 23.4 Å². The molecule has 1 aliphatic rings. The van der Waals surface area contributed by atoms with E-state index in [4.69, 9.17) is 11.6 Å². The van der Waals surface area contributed by atoms with E-state index in [9.17, 15) is 9.18 Å². The summed E-state index contributed by atoms with van der Waals surface area (Å²) in [5.41, 5.74) is 0.479. The lowest BCUT2D eigenvalue weighted by atomic mass is 10.0. The second-order valence-corrected chi connectivity index (χ2v) is 6.19. The van der Waals surface area contributed by atoms with Crippen molar-refractivity contribution in [3.8, 4) is 0 Å². The summed E-state index contributed by atoms with van der Waals surface area (Å²) in [6.45, 7) is 2.47. The van der Waals surface area contributed by atoms with Crippen molar-refractivity contribution < 1.29 is 9.18 Å². The fourth-order valence-corrected chi connectivity index (χ4v) is 3.31. The maximum Gasteiger partial charge on any atom is 0.247 e. The second-order valence-electron chi connectivity index (χ2n) is 5.78. The molecule has 23 heavy (non-hydrogen) atoms. The molecule has 5 nitrogen and oxygen atoms in total. The number of benzene rings is 1. The predicted octanol–water partition coefficient (Wildman–Crippen LogP) is 2.87. The molecule has 2 atom stereocenters. The fourth-order valence-electron chi connectivity index (χ4n) is 3.07. The van der Waals surface area contributed by atoms with Crippen LogP contribution in [-0.4, -0.2) is 38.2 Å². The first kappa shape index (κ1) is 15.9. The van der Waals surface area contributed by atoms with Gasteiger partial charge < -0.3 is 4.90 Å². The van der Waals surface area contributed by atoms with Crippen LogP contribution in [0.15, 0.2) is 30.9 Å². The van der Waals surface area contributed by atoms with Crippen molar-refractivity contribution in [3.05, 3.63) is 47.3 Å². The third-order valence-electron chi connectivity index (χ3n) is 4.35. The highest BCUT2D eigenvalue weighted by Gasteiger charge is 2.33. The van der Waals surface area contributed by atoms with Crippen molar-refractivity contribution in [3.63, 3.8) is 0 Å². The van der Waals surface area contributed by atoms with Gasteiger partial charge in [-0.3, -0.25) is 4.79 Å². The van der Waals surface area contributed by atoms with Gasteiger partial charge in [0.05, 0.1) is 0 Å². The van der Waals surface area contributed by atoms with Crippen LogP contribution in [0.1, 0.15) is 31.4 Å². The maximum absolute atomic E-state index is 14.0. The van der Waals surface area contributed by atoms with Gasteiger partial charge in [0.25, 0.3) is 0 Å². The molecule has 0 aliphatic carbocycles. The van der Waals surface area contributed by atoms with E-state index < -0.39 is 6.04 Å². The third kappa shape index (κ3) is 3.22. The Morgan fingerprint density at radius 1 is 1.52 bits per heavy atom. The van der Waals surface area contributed by atoms with Crippen molar-refractivity contribution >= 4 is 17.5 Å². The van der Waals surface area contributed by atoms with Crippen molar-refractivity contribution in [1.29, 1.82) is 0 Å². The van der Waals surface area contributed by atoms with Gasteiger partial charge in [-0.15, -0.1) is 0 Å². The van der Waals surface area contributed by atoms with E-state index in [2.05, 4.69) is 10.1 Å². The molecule has 1 aliphatic heterocycles. The molecule has 122 valence electrons. The van der Waals surface area contributed by atoms with Crippen LogP contribution in [0.2, 0.25) is 5.02 Å². The number of rotatable bonds is 4. The van der Waals surface area contributed by atoms with E-state index in [0.29, 0.717) is 23.6 Å². The minimum Gasteiger partial charge on any atom is -0.338 e. The molecule has 1 amide bonds. The van der Waals surface area contributed by atoms with Gasteiger partial charge in [0.15, 0.2) is 0 Å². The van der Waals surface area contributed by atoms with Gasteiger partial charge in [-0.05, 0) is 38.3 Å². The normalized spacial score (nSPS) is 19.1. The average Bonchev–Trinajstić information content (AvgIpc) is 3.21. The molecule has 0 radical (unpaired) electrons. The minimum atomic E-state index is -0.422. The number of likely N-dealkylation sites (tertiary alicyclic amines) is 1. The van der Waals surface area contributed by atoms with Crippen LogP contribution in [0.3, 0.4) is 0 Å². The quantitative estimate of drug-likeness (QED) is 0.862. The topological polar surface area (TPSA) is 51.0 Å². The van der Waals surface area contributed by atoms with E-state index >= 15 is 0 Å². The lowest BCUT2D eigenvalue weighted by molar-refractivity contribution is -0.135. The Hall–Kier alpha value is -1.95. The molecule has 0 saturated carbocycles. The first-order chi connectivity index (χ1) is 11.1. The number of aromatic nitrogens is 3. The zero-order valence-electron chi connectivity index (χ0n) is 12.8. The SMILES string of the molecule is CC(C(=O)N1CCCC1Cc1c(F)cccc1Cl)n1cncn1. The maximum atomic E-state index is 14.0. The molecule has 2 aromatic rings. The molecular weight excluding hydrogens is 319 g/mol. The van der Waals surface area contributed by atoms with Crippen molar-refractivity contribution in [1.82, 2.24) is 19.7 Å². The number of halogens is 2. The van der Waals surface area contributed by atoms with Gasteiger partial charge >= 0.3 is 0 Å². The largest absolute Gasteiger partial charge is 0.338 e. The molecule has 1 aromatic carbocycles. The molecule has 1 aromatic heterocycles. The van der Waals surface area contributed by atoms with E-state index in [-0.39, 0.29) is 17.8 Å². The molecule has 1 fully saturated rings. The molecule has 7 heteroatoms. The Labute approximate surface area is 139 Å². The van der Waals surface area contributed by atoms with Crippen LogP contribution in [0.5, 0.6) is 0 Å². The summed E-state index contributed by atoms with van der Waals surface area (Å²) in [5, 5.41) is 4.43. The Bertz CT molecular complexity index is 671. The average molecular weight is 337 g/mol. The predicted molar refractivity (Wildman–Crippen MR) is 84.6 cm³/mol. The summed E-state index contributed by atoms with van der Waals surface area (Å²) in [6.07, 6.45) is 5.13. The number of carbonyl (C=O) groups is 1. The van der Waals surface area contributed by atoms with Crippen molar-refractivity contribution in [2.45, 2.75) is 38.3 Å². The Kier molecular flexibility index (Phi) is 4.61. The van der Waals surface area contributed by atoms with Gasteiger partial charge in [-0.25, -0.2) is 14.1 Å². The fraction of sp³-hybridized carbons (Fsp3) is 0.438. The first-order valence-electron chi connectivity index (χ1n) is 7.65.